The van der Waals surface area contributed by atoms with Crippen molar-refractivity contribution in [3.05, 3.63) is 29.3 Å². The molecule has 1 atom stereocenters. The van der Waals surface area contributed by atoms with Crippen molar-refractivity contribution in [3.63, 3.8) is 0 Å². The molecule has 0 bridgehead atoms. The fourth-order valence-electron chi connectivity index (χ4n) is 4.39. The maximum Gasteiger partial charge on any atom is 0.119 e. The van der Waals surface area contributed by atoms with Gasteiger partial charge in [-0.05, 0) is 54.9 Å². The largest absolute Gasteiger partial charge is 0.497 e. The summed E-state index contributed by atoms with van der Waals surface area (Å²) in [7, 11) is 1.68. The molecule has 0 radical (unpaired) electrons. The highest BCUT2D eigenvalue weighted by Gasteiger charge is 2.54. The Kier molecular flexibility index (Phi) is 3.74. The molecular formula is C18H27NO2. The van der Waals surface area contributed by atoms with Crippen LogP contribution in [0.25, 0.3) is 0 Å². The van der Waals surface area contributed by atoms with Crippen LogP contribution in [0, 0.1) is 11.3 Å². The minimum atomic E-state index is -0.786. The lowest BCUT2D eigenvalue weighted by atomic mass is 9.59. The Bertz CT molecular complexity index is 520. The number of hydrogen-bond acceptors (Lipinski definition) is 3. The van der Waals surface area contributed by atoms with E-state index >= 15 is 0 Å². The maximum atomic E-state index is 11.6. The summed E-state index contributed by atoms with van der Waals surface area (Å²) in [6.45, 7) is 2.86. The Morgan fingerprint density at radius 3 is 2.62 bits per heavy atom. The molecule has 1 aromatic rings. The average Bonchev–Trinajstić information content (AvgIpc) is 2.86. The first-order chi connectivity index (χ1) is 10.0. The molecule has 3 nitrogen and oxygen atoms in total. The Morgan fingerprint density at radius 1 is 1.29 bits per heavy atom. The Labute approximate surface area is 127 Å². The van der Waals surface area contributed by atoms with Crippen molar-refractivity contribution in [2.24, 2.45) is 17.1 Å². The second-order valence-electron chi connectivity index (χ2n) is 7.05. The van der Waals surface area contributed by atoms with Crippen molar-refractivity contribution in [2.45, 2.75) is 51.0 Å². The lowest BCUT2D eigenvalue weighted by molar-refractivity contribution is -0.109. The van der Waals surface area contributed by atoms with E-state index < -0.39 is 5.60 Å². The molecule has 0 spiro atoms. The van der Waals surface area contributed by atoms with E-state index in [4.69, 9.17) is 10.5 Å². The van der Waals surface area contributed by atoms with Gasteiger partial charge in [-0.3, -0.25) is 0 Å². The molecule has 0 saturated heterocycles. The average molecular weight is 289 g/mol. The van der Waals surface area contributed by atoms with E-state index in [1.54, 1.807) is 7.11 Å². The van der Waals surface area contributed by atoms with Gasteiger partial charge in [-0.2, -0.15) is 0 Å². The number of benzene rings is 1. The van der Waals surface area contributed by atoms with Gasteiger partial charge in [0, 0.05) is 12.0 Å². The van der Waals surface area contributed by atoms with Gasteiger partial charge < -0.3 is 15.6 Å². The van der Waals surface area contributed by atoms with Gasteiger partial charge in [-0.15, -0.1) is 0 Å². The van der Waals surface area contributed by atoms with Crippen molar-refractivity contribution in [3.8, 4) is 5.75 Å². The zero-order chi connectivity index (χ0) is 15.1. The number of nitrogens with two attached hydrogens (primary N) is 1. The second kappa shape index (κ2) is 5.29. The summed E-state index contributed by atoms with van der Waals surface area (Å²) in [5.74, 6) is 1.57. The van der Waals surface area contributed by atoms with Crippen LogP contribution in [0.15, 0.2) is 18.2 Å². The molecule has 2 aliphatic rings. The third kappa shape index (κ3) is 2.18. The highest BCUT2D eigenvalue weighted by molar-refractivity contribution is 5.44. The van der Waals surface area contributed by atoms with E-state index in [0.29, 0.717) is 6.54 Å². The quantitative estimate of drug-likeness (QED) is 0.899. The summed E-state index contributed by atoms with van der Waals surface area (Å²) in [6.07, 6.45) is 6.11. The summed E-state index contributed by atoms with van der Waals surface area (Å²) < 4.78 is 5.36. The summed E-state index contributed by atoms with van der Waals surface area (Å²) >= 11 is 0. The molecule has 116 valence electrons. The number of hydrogen-bond donors (Lipinski definition) is 2. The van der Waals surface area contributed by atoms with E-state index in [1.807, 2.05) is 12.1 Å². The molecule has 0 aromatic heterocycles. The van der Waals surface area contributed by atoms with Crippen molar-refractivity contribution in [1.82, 2.24) is 0 Å². The number of fused-ring (bicyclic) bond motifs is 1. The van der Waals surface area contributed by atoms with Crippen LogP contribution in [0.2, 0.25) is 0 Å². The lowest BCUT2D eigenvalue weighted by Gasteiger charge is -2.49. The first-order valence-electron chi connectivity index (χ1n) is 8.14. The third-order valence-electron chi connectivity index (χ3n) is 6.02. The van der Waals surface area contributed by atoms with Crippen molar-refractivity contribution < 1.29 is 9.84 Å². The molecular weight excluding hydrogens is 262 g/mol. The molecule has 0 amide bonds. The molecule has 21 heavy (non-hydrogen) atoms. The van der Waals surface area contributed by atoms with Gasteiger partial charge in [0.05, 0.1) is 12.7 Å². The van der Waals surface area contributed by atoms with Crippen LogP contribution in [-0.2, 0) is 12.0 Å². The van der Waals surface area contributed by atoms with Crippen LogP contribution in [0.1, 0.15) is 50.2 Å². The van der Waals surface area contributed by atoms with Gasteiger partial charge >= 0.3 is 0 Å². The maximum absolute atomic E-state index is 11.6. The fourth-order valence-corrected chi connectivity index (χ4v) is 4.39. The van der Waals surface area contributed by atoms with E-state index in [0.717, 1.165) is 42.9 Å². The summed E-state index contributed by atoms with van der Waals surface area (Å²) in [4.78, 5) is 0. The number of ether oxygens (including phenoxy) is 1. The second-order valence-corrected chi connectivity index (χ2v) is 7.05. The van der Waals surface area contributed by atoms with Gasteiger partial charge in [0.1, 0.15) is 5.75 Å². The molecule has 3 N–H and O–H groups in total. The van der Waals surface area contributed by atoms with Crippen LogP contribution >= 0.6 is 0 Å². The monoisotopic (exact) mass is 289 g/mol. The Balaban J connectivity index is 2.02. The highest BCUT2D eigenvalue weighted by atomic mass is 16.5. The molecule has 1 saturated carbocycles. The molecule has 3 heteroatoms. The minimum absolute atomic E-state index is 0.170. The lowest BCUT2D eigenvalue weighted by Crippen LogP contribution is -2.51. The predicted octanol–water partition coefficient (Wildman–Crippen LogP) is 2.98. The molecule has 2 aliphatic carbocycles. The third-order valence-corrected chi connectivity index (χ3v) is 6.02. The van der Waals surface area contributed by atoms with Crippen molar-refractivity contribution in [1.29, 1.82) is 0 Å². The SMILES string of the molecule is COc1ccc2c(c1)C(O)(C1(CN)CCC(C)CC1)CC2. The van der Waals surface area contributed by atoms with E-state index in [1.165, 1.54) is 18.4 Å². The molecule has 1 fully saturated rings. The first kappa shape index (κ1) is 14.9. The first-order valence-corrected chi connectivity index (χ1v) is 8.14. The summed E-state index contributed by atoms with van der Waals surface area (Å²) in [6, 6.07) is 6.11. The molecule has 0 heterocycles. The van der Waals surface area contributed by atoms with Crippen molar-refractivity contribution in [2.75, 3.05) is 13.7 Å². The zero-order valence-corrected chi connectivity index (χ0v) is 13.2. The Hall–Kier alpha value is -1.06. The van der Waals surface area contributed by atoms with Gasteiger partial charge in [-0.25, -0.2) is 0 Å². The van der Waals surface area contributed by atoms with E-state index in [-0.39, 0.29) is 5.41 Å². The Morgan fingerprint density at radius 2 is 2.00 bits per heavy atom. The number of aryl methyl sites for hydroxylation is 1. The van der Waals surface area contributed by atoms with Crippen LogP contribution in [0.3, 0.4) is 0 Å². The van der Waals surface area contributed by atoms with Gasteiger partial charge in [0.25, 0.3) is 0 Å². The summed E-state index contributed by atoms with van der Waals surface area (Å²) in [5, 5.41) is 11.6. The molecule has 3 rings (SSSR count). The predicted molar refractivity (Wildman–Crippen MR) is 84.3 cm³/mol. The fraction of sp³-hybridized carbons (Fsp3) is 0.667. The zero-order valence-electron chi connectivity index (χ0n) is 13.2. The number of methoxy groups -OCH3 is 1. The van der Waals surface area contributed by atoms with Crippen LogP contribution in [0.4, 0.5) is 0 Å². The van der Waals surface area contributed by atoms with Gasteiger partial charge in [0.15, 0.2) is 0 Å². The van der Waals surface area contributed by atoms with Crippen molar-refractivity contribution >= 4 is 0 Å². The minimum Gasteiger partial charge on any atom is -0.497 e. The summed E-state index contributed by atoms with van der Waals surface area (Å²) in [5.41, 5.74) is 7.54. The number of aliphatic hydroxyl groups is 1. The van der Waals surface area contributed by atoms with E-state index in [9.17, 15) is 5.11 Å². The molecule has 0 aliphatic heterocycles. The van der Waals surface area contributed by atoms with Crippen LogP contribution < -0.4 is 10.5 Å². The highest BCUT2D eigenvalue weighted by Crippen LogP contribution is 2.56. The smallest absolute Gasteiger partial charge is 0.119 e. The molecule has 1 aromatic carbocycles. The normalized spacial score (nSPS) is 35.5. The standard InChI is InChI=1S/C18H27NO2/c1-13-5-8-17(12-19,9-6-13)18(20)10-7-14-3-4-15(21-2)11-16(14)18/h3-4,11,13,20H,5-10,12,19H2,1-2H3. The van der Waals surface area contributed by atoms with Gasteiger partial charge in [0.2, 0.25) is 0 Å². The van der Waals surface area contributed by atoms with Gasteiger partial charge in [-0.1, -0.05) is 25.8 Å². The van der Waals surface area contributed by atoms with E-state index in [2.05, 4.69) is 13.0 Å². The number of rotatable bonds is 3. The van der Waals surface area contributed by atoms with Crippen LogP contribution in [-0.4, -0.2) is 18.8 Å². The topological polar surface area (TPSA) is 55.5 Å². The molecule has 1 unspecified atom stereocenters. The van der Waals surface area contributed by atoms with Crippen LogP contribution in [0.5, 0.6) is 5.75 Å².